The molecule has 1 saturated heterocycles. The van der Waals surface area contributed by atoms with Crippen molar-refractivity contribution in [2.45, 2.75) is 31.6 Å². The SMILES string of the molecule is Cn1ncc2c1CCCC2CCN1CCOCC1. The van der Waals surface area contributed by atoms with Crippen molar-refractivity contribution in [2.24, 2.45) is 7.05 Å². The summed E-state index contributed by atoms with van der Waals surface area (Å²) in [6.45, 7) is 5.23. The lowest BCUT2D eigenvalue weighted by Gasteiger charge is -2.29. The lowest BCUT2D eigenvalue weighted by molar-refractivity contribution is 0.0363. The molecular formula is C14H23N3O. The van der Waals surface area contributed by atoms with Gasteiger partial charge in [0.25, 0.3) is 0 Å². The number of ether oxygens (including phenoxy) is 1. The highest BCUT2D eigenvalue weighted by Crippen LogP contribution is 2.33. The van der Waals surface area contributed by atoms with Crippen molar-refractivity contribution in [2.75, 3.05) is 32.8 Å². The summed E-state index contributed by atoms with van der Waals surface area (Å²) in [7, 11) is 2.07. The number of hydrogen-bond acceptors (Lipinski definition) is 3. The standard InChI is InChI=1S/C14H23N3O/c1-16-14-4-2-3-12(13(14)11-15-16)5-6-17-7-9-18-10-8-17/h11-12H,2-10H2,1H3. The molecule has 2 aliphatic rings. The molecule has 1 atom stereocenters. The van der Waals surface area contributed by atoms with E-state index in [9.17, 15) is 0 Å². The molecule has 0 spiro atoms. The second-order valence-electron chi connectivity index (χ2n) is 5.50. The summed E-state index contributed by atoms with van der Waals surface area (Å²) in [5, 5.41) is 4.43. The smallest absolute Gasteiger partial charge is 0.0594 e. The van der Waals surface area contributed by atoms with Gasteiger partial charge in [-0.3, -0.25) is 9.58 Å². The van der Waals surface area contributed by atoms with E-state index in [1.807, 2.05) is 0 Å². The first-order valence-electron chi connectivity index (χ1n) is 7.15. The van der Waals surface area contributed by atoms with E-state index in [4.69, 9.17) is 4.74 Å². The van der Waals surface area contributed by atoms with Crippen LogP contribution in [0.2, 0.25) is 0 Å². The highest BCUT2D eigenvalue weighted by molar-refractivity contribution is 5.25. The first-order valence-corrected chi connectivity index (χ1v) is 7.15. The van der Waals surface area contributed by atoms with Gasteiger partial charge in [-0.05, 0) is 43.7 Å². The van der Waals surface area contributed by atoms with Gasteiger partial charge in [0, 0.05) is 25.8 Å². The topological polar surface area (TPSA) is 30.3 Å². The Hall–Kier alpha value is -0.870. The molecule has 1 aliphatic carbocycles. The van der Waals surface area contributed by atoms with Crippen molar-refractivity contribution in [3.8, 4) is 0 Å². The molecule has 1 unspecified atom stereocenters. The molecule has 0 radical (unpaired) electrons. The fourth-order valence-corrected chi connectivity index (χ4v) is 3.26. The molecule has 0 saturated carbocycles. The van der Waals surface area contributed by atoms with Crippen LogP contribution in [0.5, 0.6) is 0 Å². The molecule has 1 aromatic rings. The summed E-state index contributed by atoms with van der Waals surface area (Å²) in [4.78, 5) is 2.54. The minimum absolute atomic E-state index is 0.727. The third kappa shape index (κ3) is 2.45. The normalized spacial score (nSPS) is 25.1. The number of rotatable bonds is 3. The van der Waals surface area contributed by atoms with Crippen molar-refractivity contribution >= 4 is 0 Å². The first-order chi connectivity index (χ1) is 8.84. The molecule has 1 aliphatic heterocycles. The largest absolute Gasteiger partial charge is 0.379 e. The number of hydrogen-bond donors (Lipinski definition) is 0. The lowest BCUT2D eigenvalue weighted by atomic mass is 9.85. The Morgan fingerprint density at radius 3 is 3.06 bits per heavy atom. The monoisotopic (exact) mass is 249 g/mol. The van der Waals surface area contributed by atoms with Gasteiger partial charge in [0.1, 0.15) is 0 Å². The molecular weight excluding hydrogens is 226 g/mol. The summed E-state index contributed by atoms with van der Waals surface area (Å²) in [6.07, 6.45) is 7.24. The minimum atomic E-state index is 0.727. The van der Waals surface area contributed by atoms with E-state index in [0.29, 0.717) is 0 Å². The maximum absolute atomic E-state index is 5.40. The van der Waals surface area contributed by atoms with Gasteiger partial charge < -0.3 is 4.74 Å². The van der Waals surface area contributed by atoms with Gasteiger partial charge in [-0.1, -0.05) is 0 Å². The molecule has 18 heavy (non-hydrogen) atoms. The predicted octanol–water partition coefficient (Wildman–Crippen LogP) is 1.56. The van der Waals surface area contributed by atoms with E-state index < -0.39 is 0 Å². The van der Waals surface area contributed by atoms with E-state index in [1.54, 1.807) is 0 Å². The predicted molar refractivity (Wildman–Crippen MR) is 70.8 cm³/mol. The maximum Gasteiger partial charge on any atom is 0.0594 e. The molecule has 0 aromatic carbocycles. The Labute approximate surface area is 109 Å². The van der Waals surface area contributed by atoms with Gasteiger partial charge in [-0.2, -0.15) is 5.10 Å². The van der Waals surface area contributed by atoms with Crippen LogP contribution in [-0.4, -0.2) is 47.5 Å². The zero-order valence-corrected chi connectivity index (χ0v) is 11.3. The van der Waals surface area contributed by atoms with E-state index in [0.717, 1.165) is 32.2 Å². The van der Waals surface area contributed by atoms with Crippen LogP contribution in [0.25, 0.3) is 0 Å². The molecule has 4 nitrogen and oxygen atoms in total. The van der Waals surface area contributed by atoms with Gasteiger partial charge in [-0.25, -0.2) is 0 Å². The highest BCUT2D eigenvalue weighted by atomic mass is 16.5. The van der Waals surface area contributed by atoms with E-state index >= 15 is 0 Å². The molecule has 0 amide bonds. The molecule has 1 fully saturated rings. The third-order valence-corrected chi connectivity index (χ3v) is 4.40. The van der Waals surface area contributed by atoms with Gasteiger partial charge in [0.05, 0.1) is 19.4 Å². The number of nitrogens with zero attached hydrogens (tertiary/aromatic N) is 3. The van der Waals surface area contributed by atoms with Crippen molar-refractivity contribution in [3.63, 3.8) is 0 Å². The van der Waals surface area contributed by atoms with Crippen LogP contribution in [0.15, 0.2) is 6.20 Å². The van der Waals surface area contributed by atoms with Crippen LogP contribution < -0.4 is 0 Å². The zero-order chi connectivity index (χ0) is 12.4. The Kier molecular flexibility index (Phi) is 3.66. The van der Waals surface area contributed by atoms with Crippen molar-refractivity contribution < 1.29 is 4.74 Å². The molecule has 100 valence electrons. The van der Waals surface area contributed by atoms with E-state index in [2.05, 4.69) is 27.9 Å². The van der Waals surface area contributed by atoms with Gasteiger partial charge in [0.15, 0.2) is 0 Å². The lowest BCUT2D eigenvalue weighted by Crippen LogP contribution is -2.37. The van der Waals surface area contributed by atoms with Crippen LogP contribution >= 0.6 is 0 Å². The molecule has 0 bridgehead atoms. The Balaban J connectivity index is 1.60. The number of aromatic nitrogens is 2. The van der Waals surface area contributed by atoms with Gasteiger partial charge in [0.2, 0.25) is 0 Å². The van der Waals surface area contributed by atoms with Crippen LogP contribution in [0, 0.1) is 0 Å². The van der Waals surface area contributed by atoms with Crippen LogP contribution in [0.4, 0.5) is 0 Å². The van der Waals surface area contributed by atoms with E-state index in [-0.39, 0.29) is 0 Å². The summed E-state index contributed by atoms with van der Waals surface area (Å²) in [5.41, 5.74) is 2.98. The van der Waals surface area contributed by atoms with Crippen molar-refractivity contribution in [1.29, 1.82) is 0 Å². The number of aryl methyl sites for hydroxylation is 1. The molecule has 2 heterocycles. The van der Waals surface area contributed by atoms with Gasteiger partial charge in [-0.15, -0.1) is 0 Å². The van der Waals surface area contributed by atoms with Crippen molar-refractivity contribution in [3.05, 3.63) is 17.5 Å². The average Bonchev–Trinajstić information content (AvgIpc) is 2.80. The Bertz CT molecular complexity index is 396. The second kappa shape index (κ2) is 5.41. The Morgan fingerprint density at radius 2 is 2.22 bits per heavy atom. The van der Waals surface area contributed by atoms with Crippen LogP contribution in [-0.2, 0) is 18.2 Å². The molecule has 0 N–H and O–H groups in total. The minimum Gasteiger partial charge on any atom is -0.379 e. The molecule has 1 aromatic heterocycles. The number of fused-ring (bicyclic) bond motifs is 1. The van der Waals surface area contributed by atoms with Crippen molar-refractivity contribution in [1.82, 2.24) is 14.7 Å². The third-order valence-electron chi connectivity index (χ3n) is 4.40. The first kappa shape index (κ1) is 12.2. The average molecular weight is 249 g/mol. The van der Waals surface area contributed by atoms with Gasteiger partial charge >= 0.3 is 0 Å². The Morgan fingerprint density at radius 1 is 1.39 bits per heavy atom. The fraction of sp³-hybridized carbons (Fsp3) is 0.786. The fourth-order valence-electron chi connectivity index (χ4n) is 3.26. The maximum atomic E-state index is 5.40. The van der Waals surface area contributed by atoms with Crippen LogP contribution in [0.3, 0.4) is 0 Å². The highest BCUT2D eigenvalue weighted by Gasteiger charge is 2.24. The summed E-state index contributed by atoms with van der Waals surface area (Å²) in [6, 6.07) is 0. The summed E-state index contributed by atoms with van der Waals surface area (Å²) in [5.74, 6) is 0.727. The molecule has 3 rings (SSSR count). The van der Waals surface area contributed by atoms with Crippen LogP contribution in [0.1, 0.15) is 36.4 Å². The summed E-state index contributed by atoms with van der Waals surface area (Å²) < 4.78 is 7.46. The second-order valence-corrected chi connectivity index (χ2v) is 5.50. The zero-order valence-electron chi connectivity index (χ0n) is 11.3. The molecule has 4 heteroatoms. The number of morpholine rings is 1. The quantitative estimate of drug-likeness (QED) is 0.814. The van der Waals surface area contributed by atoms with E-state index in [1.165, 1.54) is 43.5 Å². The summed E-state index contributed by atoms with van der Waals surface area (Å²) >= 11 is 0.